The number of aryl methyl sites for hydroxylation is 1. The highest BCUT2D eigenvalue weighted by atomic mass is 35.5. The van der Waals surface area contributed by atoms with E-state index < -0.39 is 23.5 Å². The quantitative estimate of drug-likeness (QED) is 0.446. The van der Waals surface area contributed by atoms with E-state index in [1.807, 2.05) is 25.1 Å². The van der Waals surface area contributed by atoms with Crippen LogP contribution in [0.15, 0.2) is 36.4 Å². The van der Waals surface area contributed by atoms with Gasteiger partial charge in [0.25, 0.3) is 5.91 Å². The fraction of sp³-hybridized carbons (Fsp3) is 0.458. The lowest BCUT2D eigenvalue weighted by Crippen LogP contribution is -2.34. The van der Waals surface area contributed by atoms with Gasteiger partial charge in [0.2, 0.25) is 0 Å². The van der Waals surface area contributed by atoms with Gasteiger partial charge in [-0.3, -0.25) is 4.79 Å². The second-order valence-corrected chi connectivity index (χ2v) is 9.33. The molecule has 2 unspecified atom stereocenters. The predicted molar refractivity (Wildman–Crippen MR) is 120 cm³/mol. The molecule has 2 atom stereocenters. The molecular weight excluding hydrogens is 458 g/mol. The van der Waals surface area contributed by atoms with Crippen LogP contribution in [0.2, 0.25) is 5.02 Å². The summed E-state index contributed by atoms with van der Waals surface area (Å²) >= 11 is 6.15. The minimum absolute atomic E-state index is 0.0420. The standard InChI is InChI=1S/C24H26ClF4N3O/c1-15-3-5-19(10-21(15)25)30-7-2-8-31-11-17-13-32(14-18(17)12-31)23(33)16-4-6-20(22(26)9-16)24(27,28)29/h3-6,9-10,17-18,30H,2,7-8,11-14H2,1H3. The van der Waals surface area contributed by atoms with Gasteiger partial charge in [-0.2, -0.15) is 13.2 Å². The number of rotatable bonds is 6. The lowest BCUT2D eigenvalue weighted by Gasteiger charge is -2.22. The lowest BCUT2D eigenvalue weighted by atomic mass is 10.0. The van der Waals surface area contributed by atoms with E-state index in [9.17, 15) is 22.4 Å². The minimum atomic E-state index is -4.78. The van der Waals surface area contributed by atoms with Gasteiger partial charge in [-0.1, -0.05) is 17.7 Å². The van der Waals surface area contributed by atoms with Crippen LogP contribution >= 0.6 is 11.6 Å². The van der Waals surface area contributed by atoms with Crippen LogP contribution in [0, 0.1) is 24.6 Å². The molecule has 2 aromatic carbocycles. The molecular formula is C24H26ClF4N3O. The molecule has 4 nitrogen and oxygen atoms in total. The van der Waals surface area contributed by atoms with Crippen molar-refractivity contribution in [3.8, 4) is 0 Å². The third-order valence-corrected chi connectivity index (χ3v) is 6.93. The Morgan fingerprint density at radius 3 is 2.39 bits per heavy atom. The van der Waals surface area contributed by atoms with Crippen LogP contribution < -0.4 is 5.32 Å². The Morgan fingerprint density at radius 1 is 1.09 bits per heavy atom. The number of amides is 1. The molecule has 0 aliphatic carbocycles. The summed E-state index contributed by atoms with van der Waals surface area (Å²) in [5, 5.41) is 4.12. The fourth-order valence-corrected chi connectivity index (χ4v) is 4.92. The Kier molecular flexibility index (Phi) is 6.86. The molecule has 0 bridgehead atoms. The van der Waals surface area contributed by atoms with Gasteiger partial charge in [0.05, 0.1) is 5.56 Å². The number of carbonyl (C=O) groups is 1. The molecule has 9 heteroatoms. The van der Waals surface area contributed by atoms with Crippen LogP contribution in [0.25, 0.3) is 0 Å². The van der Waals surface area contributed by atoms with E-state index in [1.54, 1.807) is 4.90 Å². The number of nitrogens with one attached hydrogen (secondary N) is 1. The molecule has 1 amide bonds. The number of anilines is 1. The number of hydrogen-bond acceptors (Lipinski definition) is 3. The zero-order valence-electron chi connectivity index (χ0n) is 18.3. The van der Waals surface area contributed by atoms with Crippen LogP contribution in [0.1, 0.15) is 27.9 Å². The Morgan fingerprint density at radius 2 is 1.79 bits per heavy atom. The van der Waals surface area contributed by atoms with Gasteiger partial charge in [-0.05, 0) is 67.6 Å². The molecule has 0 spiro atoms. The second-order valence-electron chi connectivity index (χ2n) is 8.93. The highest BCUT2D eigenvalue weighted by Gasteiger charge is 2.42. The number of likely N-dealkylation sites (tertiary alicyclic amines) is 2. The SMILES string of the molecule is Cc1ccc(NCCCN2CC3CN(C(=O)c4ccc(C(F)(F)F)c(F)c4)CC3C2)cc1Cl. The highest BCUT2D eigenvalue weighted by molar-refractivity contribution is 6.31. The number of fused-ring (bicyclic) bond motifs is 1. The van der Waals surface area contributed by atoms with Crippen LogP contribution in [-0.4, -0.2) is 55.0 Å². The summed E-state index contributed by atoms with van der Waals surface area (Å²) in [4.78, 5) is 16.7. The summed E-state index contributed by atoms with van der Waals surface area (Å²) in [5.74, 6) is -1.17. The van der Waals surface area contributed by atoms with Crippen molar-refractivity contribution in [3.63, 3.8) is 0 Å². The molecule has 2 heterocycles. The van der Waals surface area contributed by atoms with E-state index in [4.69, 9.17) is 11.6 Å². The largest absolute Gasteiger partial charge is 0.419 e. The van der Waals surface area contributed by atoms with E-state index in [0.717, 1.165) is 54.9 Å². The third kappa shape index (κ3) is 5.44. The highest BCUT2D eigenvalue weighted by Crippen LogP contribution is 2.34. The summed E-state index contributed by atoms with van der Waals surface area (Å²) in [6.45, 7) is 6.59. The first-order valence-corrected chi connectivity index (χ1v) is 11.4. The average molecular weight is 484 g/mol. The van der Waals surface area contributed by atoms with Gasteiger partial charge < -0.3 is 15.1 Å². The van der Waals surface area contributed by atoms with E-state index in [-0.39, 0.29) is 5.56 Å². The molecule has 1 N–H and O–H groups in total. The maximum Gasteiger partial charge on any atom is 0.419 e. The molecule has 0 saturated carbocycles. The second kappa shape index (κ2) is 9.50. The molecule has 2 fully saturated rings. The molecule has 0 radical (unpaired) electrons. The van der Waals surface area contributed by atoms with Crippen LogP contribution in [0.3, 0.4) is 0 Å². The van der Waals surface area contributed by atoms with E-state index >= 15 is 0 Å². The zero-order chi connectivity index (χ0) is 23.8. The first kappa shape index (κ1) is 23.8. The van der Waals surface area contributed by atoms with Gasteiger partial charge in [-0.25, -0.2) is 4.39 Å². The number of carbonyl (C=O) groups excluding carboxylic acids is 1. The first-order valence-electron chi connectivity index (χ1n) is 11.0. The Hall–Kier alpha value is -2.32. The normalized spacial score (nSPS) is 20.8. The average Bonchev–Trinajstić information content (AvgIpc) is 3.31. The first-order chi connectivity index (χ1) is 15.6. The van der Waals surface area contributed by atoms with E-state index in [1.165, 1.54) is 0 Å². The molecule has 4 rings (SSSR count). The summed E-state index contributed by atoms with van der Waals surface area (Å²) in [5.41, 5.74) is 0.645. The van der Waals surface area contributed by atoms with Gasteiger partial charge in [0.15, 0.2) is 0 Å². The molecule has 2 saturated heterocycles. The van der Waals surface area contributed by atoms with E-state index in [0.29, 0.717) is 37.1 Å². The maximum absolute atomic E-state index is 13.9. The van der Waals surface area contributed by atoms with Gasteiger partial charge in [0, 0.05) is 49.0 Å². The number of alkyl halides is 3. The molecule has 0 aromatic heterocycles. The summed E-state index contributed by atoms with van der Waals surface area (Å²) in [6, 6.07) is 8.31. The fourth-order valence-electron chi connectivity index (χ4n) is 4.74. The van der Waals surface area contributed by atoms with Gasteiger partial charge in [-0.15, -0.1) is 0 Å². The molecule has 178 valence electrons. The minimum Gasteiger partial charge on any atom is -0.385 e. The number of benzene rings is 2. The van der Waals surface area contributed by atoms with Crippen molar-refractivity contribution in [3.05, 3.63) is 63.9 Å². The number of hydrogen-bond donors (Lipinski definition) is 1. The smallest absolute Gasteiger partial charge is 0.385 e. The lowest BCUT2D eigenvalue weighted by molar-refractivity contribution is -0.140. The monoisotopic (exact) mass is 483 g/mol. The molecule has 2 aliphatic rings. The summed E-state index contributed by atoms with van der Waals surface area (Å²) in [6.07, 6.45) is -3.80. The van der Waals surface area contributed by atoms with Gasteiger partial charge >= 0.3 is 6.18 Å². The van der Waals surface area contributed by atoms with Crippen molar-refractivity contribution < 1.29 is 22.4 Å². The van der Waals surface area contributed by atoms with Crippen molar-refractivity contribution in [2.75, 3.05) is 44.6 Å². The zero-order valence-corrected chi connectivity index (χ0v) is 19.0. The predicted octanol–water partition coefficient (Wildman–Crippen LogP) is 5.31. The molecule has 2 aromatic rings. The summed E-state index contributed by atoms with van der Waals surface area (Å²) < 4.78 is 52.1. The Balaban J connectivity index is 1.23. The maximum atomic E-state index is 13.9. The van der Waals surface area contributed by atoms with Crippen LogP contribution in [0.5, 0.6) is 0 Å². The van der Waals surface area contributed by atoms with Crippen LogP contribution in [0.4, 0.5) is 23.2 Å². The van der Waals surface area contributed by atoms with Crippen molar-refractivity contribution in [2.45, 2.75) is 19.5 Å². The number of halogens is 5. The Labute approximate surface area is 195 Å². The van der Waals surface area contributed by atoms with Crippen molar-refractivity contribution >= 4 is 23.2 Å². The third-order valence-electron chi connectivity index (χ3n) is 6.52. The summed E-state index contributed by atoms with van der Waals surface area (Å²) in [7, 11) is 0. The van der Waals surface area contributed by atoms with Crippen molar-refractivity contribution in [1.29, 1.82) is 0 Å². The molecule has 2 aliphatic heterocycles. The van der Waals surface area contributed by atoms with Crippen molar-refractivity contribution in [2.24, 2.45) is 11.8 Å². The number of nitrogens with zero attached hydrogens (tertiary/aromatic N) is 2. The van der Waals surface area contributed by atoms with Crippen LogP contribution in [-0.2, 0) is 6.18 Å². The molecule has 33 heavy (non-hydrogen) atoms. The topological polar surface area (TPSA) is 35.6 Å². The van der Waals surface area contributed by atoms with Crippen molar-refractivity contribution in [1.82, 2.24) is 9.80 Å². The van der Waals surface area contributed by atoms with Gasteiger partial charge in [0.1, 0.15) is 5.82 Å². The van der Waals surface area contributed by atoms with E-state index in [2.05, 4.69) is 10.2 Å². The Bertz CT molecular complexity index is 1020.